The molecule has 1 rings (SSSR count). The average molecular weight is 233 g/mol. The first-order valence-electron chi connectivity index (χ1n) is 4.51. The van der Waals surface area contributed by atoms with Crippen molar-refractivity contribution in [2.75, 3.05) is 0 Å². The summed E-state index contributed by atoms with van der Waals surface area (Å²) in [5.74, 6) is 0. The predicted octanol–water partition coefficient (Wildman–Crippen LogP) is 3.53. The van der Waals surface area contributed by atoms with Gasteiger partial charge in [0.2, 0.25) is 0 Å². The van der Waals surface area contributed by atoms with Gasteiger partial charge in [-0.2, -0.15) is 0 Å². The van der Waals surface area contributed by atoms with Gasteiger partial charge in [-0.1, -0.05) is 43.2 Å². The number of rotatable bonds is 3. The molecule has 0 fully saturated rings. The molecule has 0 heterocycles. The van der Waals surface area contributed by atoms with E-state index in [1.54, 1.807) is 0 Å². The van der Waals surface area contributed by atoms with E-state index in [4.69, 9.17) is 22.2 Å². The lowest BCUT2D eigenvalue weighted by Gasteiger charge is -2.16. The van der Waals surface area contributed by atoms with Gasteiger partial charge in [-0.15, -0.1) is 22.2 Å². The molecule has 0 atom stereocenters. The summed E-state index contributed by atoms with van der Waals surface area (Å²) in [4.78, 5) is 0. The van der Waals surface area contributed by atoms with E-state index in [1.165, 1.54) is 5.56 Å². The van der Waals surface area contributed by atoms with Gasteiger partial charge in [-0.3, -0.25) is 0 Å². The molecular formula is C10H14Cl2Si. The standard InChI is InChI=1S/C10H14Cl2Si/c1-3-7-13(11,12)10-6-4-5-9(2)8-10/h4-6,8H,3,7H2,1-2H3. The van der Waals surface area contributed by atoms with Crippen LogP contribution in [-0.2, 0) is 0 Å². The van der Waals surface area contributed by atoms with Gasteiger partial charge in [0.05, 0.1) is 0 Å². The lowest BCUT2D eigenvalue weighted by Crippen LogP contribution is -2.36. The Balaban J connectivity index is 2.93. The summed E-state index contributed by atoms with van der Waals surface area (Å²) in [6, 6.07) is 9.15. The molecular weight excluding hydrogens is 219 g/mol. The molecule has 0 spiro atoms. The quantitative estimate of drug-likeness (QED) is 0.553. The molecule has 0 bridgehead atoms. The fraction of sp³-hybridized carbons (Fsp3) is 0.400. The van der Waals surface area contributed by atoms with Crippen LogP contribution in [0.4, 0.5) is 0 Å². The second kappa shape index (κ2) is 4.49. The van der Waals surface area contributed by atoms with Gasteiger partial charge >= 0.3 is 0 Å². The zero-order valence-electron chi connectivity index (χ0n) is 7.98. The smallest absolute Gasteiger partial charge is 0.140 e. The van der Waals surface area contributed by atoms with Crippen molar-refractivity contribution in [2.45, 2.75) is 26.3 Å². The normalized spacial score (nSPS) is 11.7. The fourth-order valence-corrected chi connectivity index (χ4v) is 4.87. The second-order valence-corrected chi connectivity index (χ2v) is 10.3. The Bertz CT molecular complexity index is 284. The van der Waals surface area contributed by atoms with Crippen LogP contribution in [0.5, 0.6) is 0 Å². The highest BCUT2D eigenvalue weighted by atomic mass is 35.7. The van der Waals surface area contributed by atoms with Crippen LogP contribution in [-0.4, -0.2) is 6.69 Å². The van der Waals surface area contributed by atoms with E-state index in [9.17, 15) is 0 Å². The van der Waals surface area contributed by atoms with Crippen LogP contribution in [0.1, 0.15) is 18.9 Å². The highest BCUT2D eigenvalue weighted by Gasteiger charge is 2.29. The van der Waals surface area contributed by atoms with Crippen LogP contribution in [0, 0.1) is 6.92 Å². The lowest BCUT2D eigenvalue weighted by atomic mass is 10.2. The van der Waals surface area contributed by atoms with E-state index in [0.717, 1.165) is 17.7 Å². The minimum atomic E-state index is -2.17. The molecule has 0 radical (unpaired) electrons. The number of benzene rings is 1. The molecule has 0 saturated carbocycles. The molecule has 0 aliphatic rings. The van der Waals surface area contributed by atoms with E-state index in [2.05, 4.69) is 26.0 Å². The molecule has 1 aromatic rings. The molecule has 0 unspecified atom stereocenters. The summed E-state index contributed by atoms with van der Waals surface area (Å²) >= 11 is 12.7. The van der Waals surface area contributed by atoms with Crippen molar-refractivity contribution in [2.24, 2.45) is 0 Å². The van der Waals surface area contributed by atoms with Gasteiger partial charge in [0.15, 0.2) is 0 Å². The molecule has 3 heteroatoms. The Morgan fingerprint density at radius 2 is 2.00 bits per heavy atom. The molecule has 72 valence electrons. The molecule has 0 aliphatic heterocycles. The Hall–Kier alpha value is 0.0169. The molecule has 13 heavy (non-hydrogen) atoms. The maximum Gasteiger partial charge on any atom is 0.280 e. The fourth-order valence-electron chi connectivity index (χ4n) is 1.33. The summed E-state index contributed by atoms with van der Waals surface area (Å²) in [7, 11) is 0. The first kappa shape index (κ1) is 11.1. The summed E-state index contributed by atoms with van der Waals surface area (Å²) < 4.78 is 0. The number of aryl methyl sites for hydroxylation is 1. The van der Waals surface area contributed by atoms with Crippen LogP contribution < -0.4 is 5.19 Å². The molecule has 0 amide bonds. The van der Waals surface area contributed by atoms with E-state index < -0.39 is 6.69 Å². The van der Waals surface area contributed by atoms with Crippen molar-refractivity contribution in [3.8, 4) is 0 Å². The van der Waals surface area contributed by atoms with E-state index in [0.29, 0.717) is 0 Å². The molecule has 0 nitrogen and oxygen atoms in total. The molecule has 0 saturated heterocycles. The van der Waals surface area contributed by atoms with E-state index in [1.807, 2.05) is 12.1 Å². The summed E-state index contributed by atoms with van der Waals surface area (Å²) in [6.45, 7) is 2.01. The van der Waals surface area contributed by atoms with Gasteiger partial charge < -0.3 is 0 Å². The highest BCUT2D eigenvalue weighted by molar-refractivity contribution is 7.50. The summed E-state index contributed by atoms with van der Waals surface area (Å²) in [6.07, 6.45) is 1.05. The second-order valence-electron chi connectivity index (χ2n) is 3.32. The first-order valence-corrected chi connectivity index (χ1v) is 8.74. The van der Waals surface area contributed by atoms with Crippen molar-refractivity contribution in [1.82, 2.24) is 0 Å². The van der Waals surface area contributed by atoms with Crippen LogP contribution in [0.2, 0.25) is 6.04 Å². The number of hydrogen-bond acceptors (Lipinski definition) is 0. The van der Waals surface area contributed by atoms with Crippen LogP contribution in [0.25, 0.3) is 0 Å². The Morgan fingerprint density at radius 3 is 2.54 bits per heavy atom. The van der Waals surface area contributed by atoms with Gasteiger partial charge in [-0.25, -0.2) is 0 Å². The third-order valence-corrected chi connectivity index (χ3v) is 6.73. The SMILES string of the molecule is CCC[Si](Cl)(Cl)c1cccc(C)c1. The van der Waals surface area contributed by atoms with Gasteiger partial charge in [-0.05, 0) is 18.2 Å². The predicted molar refractivity (Wildman–Crippen MR) is 63.4 cm³/mol. The highest BCUT2D eigenvalue weighted by Crippen LogP contribution is 2.22. The Labute approximate surface area is 90.3 Å². The monoisotopic (exact) mass is 232 g/mol. The topological polar surface area (TPSA) is 0 Å². The maximum absolute atomic E-state index is 6.34. The van der Waals surface area contributed by atoms with Crippen molar-refractivity contribution in [1.29, 1.82) is 0 Å². The average Bonchev–Trinajstić information content (AvgIpc) is 2.04. The molecule has 1 aromatic carbocycles. The zero-order valence-corrected chi connectivity index (χ0v) is 10.5. The van der Waals surface area contributed by atoms with Crippen molar-refractivity contribution in [3.63, 3.8) is 0 Å². The minimum absolute atomic E-state index is 0.930. The van der Waals surface area contributed by atoms with E-state index >= 15 is 0 Å². The van der Waals surface area contributed by atoms with Crippen LogP contribution in [0.3, 0.4) is 0 Å². The van der Waals surface area contributed by atoms with Crippen molar-refractivity contribution in [3.05, 3.63) is 29.8 Å². The molecule has 0 N–H and O–H groups in total. The van der Waals surface area contributed by atoms with E-state index in [-0.39, 0.29) is 0 Å². The zero-order chi connectivity index (χ0) is 9.90. The Kier molecular flexibility index (Phi) is 3.83. The van der Waals surface area contributed by atoms with Gasteiger partial charge in [0.1, 0.15) is 0 Å². The van der Waals surface area contributed by atoms with Gasteiger partial charge in [0, 0.05) is 0 Å². The van der Waals surface area contributed by atoms with Crippen LogP contribution in [0.15, 0.2) is 24.3 Å². The molecule has 0 aromatic heterocycles. The summed E-state index contributed by atoms with van der Waals surface area (Å²) in [5.41, 5.74) is 1.23. The Morgan fingerprint density at radius 1 is 1.31 bits per heavy atom. The third-order valence-electron chi connectivity index (χ3n) is 2.00. The first-order chi connectivity index (χ1) is 6.06. The van der Waals surface area contributed by atoms with Crippen LogP contribution >= 0.6 is 22.2 Å². The summed E-state index contributed by atoms with van der Waals surface area (Å²) in [5, 5.41) is 1.14. The number of hydrogen-bond donors (Lipinski definition) is 0. The largest absolute Gasteiger partial charge is 0.280 e. The van der Waals surface area contributed by atoms with Crippen molar-refractivity contribution < 1.29 is 0 Å². The molecule has 0 aliphatic carbocycles. The minimum Gasteiger partial charge on any atom is -0.140 e. The van der Waals surface area contributed by atoms with Crippen molar-refractivity contribution >= 4 is 34.0 Å². The lowest BCUT2D eigenvalue weighted by molar-refractivity contribution is 1.07. The third kappa shape index (κ3) is 3.01. The maximum atomic E-state index is 6.34. The number of halogens is 2. The van der Waals surface area contributed by atoms with Gasteiger partial charge in [0.25, 0.3) is 6.69 Å².